The molecule has 0 rings (SSSR count). The Labute approximate surface area is 150 Å². The Balaban J connectivity index is 3.64. The van der Waals surface area contributed by atoms with Gasteiger partial charge in [0.25, 0.3) is 0 Å². The molecule has 0 radical (unpaired) electrons. The predicted octanol–water partition coefficient (Wildman–Crippen LogP) is 8.20. The lowest BCUT2D eigenvalue weighted by molar-refractivity contribution is 0.00272. The van der Waals surface area contributed by atoms with Crippen LogP contribution >= 0.6 is 22.6 Å². The zero-order valence-electron chi connectivity index (χ0n) is 13.8. The van der Waals surface area contributed by atoms with E-state index < -0.39 is 28.2 Å². The van der Waals surface area contributed by atoms with Gasteiger partial charge in [-0.2, -0.15) is 22.0 Å². The largest absolute Gasteiger partial charge is 0.307 e. The molecule has 0 aliphatic carbocycles. The van der Waals surface area contributed by atoms with Gasteiger partial charge in [0.1, 0.15) is 0 Å². The molecule has 0 amide bonds. The summed E-state index contributed by atoms with van der Waals surface area (Å²) in [6.45, 7) is 2.19. The van der Waals surface area contributed by atoms with E-state index in [1.54, 1.807) is 22.6 Å². The topological polar surface area (TPSA) is 0 Å². The molecule has 0 aromatic heterocycles. The van der Waals surface area contributed by atoms with Gasteiger partial charge in [0, 0.05) is 10.3 Å². The van der Waals surface area contributed by atoms with Crippen LogP contribution < -0.4 is 0 Å². The molecule has 0 spiro atoms. The smallest absolute Gasteiger partial charge is 0.199 e. The molecule has 0 aromatic rings. The fraction of sp³-hybridized carbons (Fsp3) is 0.882. The van der Waals surface area contributed by atoms with Gasteiger partial charge < -0.3 is 0 Å². The molecule has 6 heteroatoms. The zero-order valence-corrected chi connectivity index (χ0v) is 16.0. The third-order valence-electron chi connectivity index (χ3n) is 3.84. The first kappa shape index (κ1) is 23.1. The van der Waals surface area contributed by atoms with Gasteiger partial charge >= 0.3 is 12.0 Å². The lowest BCUT2D eigenvalue weighted by Gasteiger charge is -2.17. The van der Waals surface area contributed by atoms with Gasteiger partial charge in [0.15, 0.2) is 0 Å². The van der Waals surface area contributed by atoms with Crippen molar-refractivity contribution in [3.8, 4) is 0 Å². The number of alkyl halides is 3. The Morgan fingerprint density at radius 3 is 1.70 bits per heavy atom. The maximum absolute atomic E-state index is 13.2. The zero-order chi connectivity index (χ0) is 17.7. The summed E-state index contributed by atoms with van der Waals surface area (Å²) in [4.78, 5) is 0. The van der Waals surface area contributed by atoms with Crippen molar-refractivity contribution < 1.29 is 22.0 Å². The third-order valence-corrected chi connectivity index (χ3v) is 4.90. The molecule has 0 bridgehead atoms. The maximum Gasteiger partial charge on any atom is 0.307 e. The summed E-state index contributed by atoms with van der Waals surface area (Å²) in [7, 11) is 0. The van der Waals surface area contributed by atoms with E-state index in [2.05, 4.69) is 6.92 Å². The highest BCUT2D eigenvalue weighted by atomic mass is 127. The number of hydrogen-bond acceptors (Lipinski definition) is 0. The first-order chi connectivity index (χ1) is 10.8. The molecule has 1 unspecified atom stereocenters. The van der Waals surface area contributed by atoms with E-state index in [4.69, 9.17) is 0 Å². The molecule has 0 aliphatic heterocycles. The second kappa shape index (κ2) is 13.4. The van der Waals surface area contributed by atoms with Crippen LogP contribution in [0.25, 0.3) is 0 Å². The van der Waals surface area contributed by atoms with Gasteiger partial charge in [-0.3, -0.25) is 0 Å². The monoisotopic (exact) mass is 454 g/mol. The van der Waals surface area contributed by atoms with Crippen LogP contribution in [0.5, 0.6) is 0 Å². The maximum atomic E-state index is 13.2. The van der Waals surface area contributed by atoms with Gasteiger partial charge in [0.2, 0.25) is 5.83 Å². The lowest BCUT2D eigenvalue weighted by Crippen LogP contribution is -2.22. The first-order valence-corrected chi connectivity index (χ1v) is 9.79. The van der Waals surface area contributed by atoms with E-state index in [0.717, 1.165) is 25.7 Å². The molecule has 0 fully saturated rings. The average Bonchev–Trinajstić information content (AvgIpc) is 2.47. The molecule has 0 N–H and O–H groups in total. The lowest BCUT2D eigenvalue weighted by atomic mass is 10.0. The minimum absolute atomic E-state index is 0.498. The van der Waals surface area contributed by atoms with Crippen molar-refractivity contribution in [2.24, 2.45) is 0 Å². The highest BCUT2D eigenvalue weighted by Gasteiger charge is 2.40. The van der Waals surface area contributed by atoms with Gasteiger partial charge in [-0.25, -0.2) is 0 Å². The van der Waals surface area contributed by atoms with Crippen LogP contribution in [0, 0.1) is 0 Å². The minimum atomic E-state index is -4.05. The fourth-order valence-corrected chi connectivity index (χ4v) is 3.45. The molecular weight excluding hydrogens is 426 g/mol. The quantitative estimate of drug-likeness (QED) is 0.107. The Morgan fingerprint density at radius 1 is 0.826 bits per heavy atom. The van der Waals surface area contributed by atoms with Gasteiger partial charge in [-0.05, 0) is 6.42 Å². The Kier molecular flexibility index (Phi) is 13.5. The molecule has 0 saturated heterocycles. The molecule has 0 saturated carbocycles. The summed E-state index contributed by atoms with van der Waals surface area (Å²) >= 11 is 1.80. The van der Waals surface area contributed by atoms with Crippen LogP contribution in [0.15, 0.2) is 11.9 Å². The van der Waals surface area contributed by atoms with Crippen LogP contribution in [0.3, 0.4) is 0 Å². The van der Waals surface area contributed by atoms with E-state index in [-0.39, 0.29) is 0 Å². The van der Waals surface area contributed by atoms with E-state index in [9.17, 15) is 22.0 Å². The summed E-state index contributed by atoms with van der Waals surface area (Å²) in [6.07, 6.45) is 8.26. The number of halogens is 6. The van der Waals surface area contributed by atoms with E-state index in [0.29, 0.717) is 6.42 Å². The molecule has 0 aromatic carbocycles. The predicted molar refractivity (Wildman–Crippen MR) is 94.2 cm³/mol. The highest BCUT2D eigenvalue weighted by Crippen LogP contribution is 2.36. The standard InChI is InChI=1S/C17H28F5I/c1-2-3-4-5-6-7-8-9-10-11-12-14(23)13-17(21,22)15(18)16(19)20/h14H,2-13H2,1H3. The Hall–Kier alpha value is 0.120. The number of allylic oxidation sites excluding steroid dienone is 1. The highest BCUT2D eigenvalue weighted by molar-refractivity contribution is 14.1. The van der Waals surface area contributed by atoms with Crippen molar-refractivity contribution in [3.63, 3.8) is 0 Å². The van der Waals surface area contributed by atoms with Gasteiger partial charge in [0.05, 0.1) is 0 Å². The summed E-state index contributed by atoms with van der Waals surface area (Å²) < 4.78 is 62.4. The van der Waals surface area contributed by atoms with Crippen LogP contribution in [0.1, 0.15) is 84.0 Å². The summed E-state index contributed by atoms with van der Waals surface area (Å²) in [5.74, 6) is -6.63. The van der Waals surface area contributed by atoms with Crippen molar-refractivity contribution >= 4 is 22.6 Å². The van der Waals surface area contributed by atoms with Crippen LogP contribution in [-0.2, 0) is 0 Å². The van der Waals surface area contributed by atoms with Crippen LogP contribution in [0.4, 0.5) is 22.0 Å². The fourth-order valence-electron chi connectivity index (χ4n) is 2.46. The number of hydrogen-bond donors (Lipinski definition) is 0. The second-order valence-corrected chi connectivity index (χ2v) is 7.81. The van der Waals surface area contributed by atoms with E-state index >= 15 is 0 Å². The summed E-state index contributed by atoms with van der Waals surface area (Å²) in [5, 5.41) is 0. The SMILES string of the molecule is CCCCCCCCCCCCC(I)CC(F)(F)C(F)=C(F)F. The van der Waals surface area contributed by atoms with E-state index in [1.807, 2.05) is 0 Å². The first-order valence-electron chi connectivity index (χ1n) is 8.54. The molecule has 23 heavy (non-hydrogen) atoms. The van der Waals surface area contributed by atoms with Crippen molar-refractivity contribution in [2.75, 3.05) is 0 Å². The normalized spacial score (nSPS) is 13.2. The van der Waals surface area contributed by atoms with Crippen molar-refractivity contribution in [2.45, 2.75) is 93.8 Å². The molecule has 1 atom stereocenters. The summed E-state index contributed by atoms with van der Waals surface area (Å²) in [5.41, 5.74) is 0. The van der Waals surface area contributed by atoms with Crippen LogP contribution in [-0.4, -0.2) is 9.85 Å². The van der Waals surface area contributed by atoms with Crippen molar-refractivity contribution in [1.82, 2.24) is 0 Å². The van der Waals surface area contributed by atoms with Crippen molar-refractivity contribution in [3.05, 3.63) is 11.9 Å². The third kappa shape index (κ3) is 12.2. The van der Waals surface area contributed by atoms with E-state index in [1.165, 1.54) is 38.5 Å². The van der Waals surface area contributed by atoms with Gasteiger partial charge in [-0.15, -0.1) is 0 Å². The Bertz CT molecular complexity index is 327. The number of unbranched alkanes of at least 4 members (excludes halogenated alkanes) is 9. The molecular formula is C17H28F5I. The Morgan fingerprint density at radius 2 is 1.26 bits per heavy atom. The van der Waals surface area contributed by atoms with Crippen molar-refractivity contribution in [1.29, 1.82) is 0 Å². The summed E-state index contributed by atoms with van der Waals surface area (Å²) in [6, 6.07) is 0. The second-order valence-electron chi connectivity index (χ2n) is 6.05. The molecule has 0 nitrogen and oxygen atoms in total. The molecule has 0 heterocycles. The minimum Gasteiger partial charge on any atom is -0.199 e. The van der Waals surface area contributed by atoms with Crippen LogP contribution in [0.2, 0.25) is 0 Å². The van der Waals surface area contributed by atoms with Gasteiger partial charge in [-0.1, -0.05) is 93.7 Å². The molecule has 0 aliphatic rings. The number of rotatable bonds is 14. The average molecular weight is 454 g/mol. The molecule has 138 valence electrons.